The molecule has 2 rings (SSSR count). The molecule has 0 atom stereocenters. The molecule has 0 aromatic carbocycles. The third-order valence-corrected chi connectivity index (χ3v) is 1.12. The second-order valence-electron chi connectivity index (χ2n) is 1.71. The second-order valence-corrected chi connectivity index (χ2v) is 1.71. The van der Waals surface area contributed by atoms with Gasteiger partial charge in [-0.3, -0.25) is 5.10 Å². The van der Waals surface area contributed by atoms with Crippen molar-refractivity contribution in [1.29, 1.82) is 0 Å². The summed E-state index contributed by atoms with van der Waals surface area (Å²) in [6.07, 6.45) is 1.81. The highest BCUT2D eigenvalue weighted by Crippen LogP contribution is 1.63. The third kappa shape index (κ3) is 0.576. The Labute approximate surface area is 50.5 Å². The van der Waals surface area contributed by atoms with Crippen molar-refractivity contribution < 1.29 is 0 Å². The Balaban J connectivity index is 2.89. The average molecular weight is 123 g/mol. The lowest BCUT2D eigenvalue weighted by atomic mass is 10.6. The average Bonchev–Trinajstić information content (AvgIpc) is 2.33. The minimum absolute atomic E-state index is 0.597. The molecule has 5 nitrogen and oxygen atoms in total. The van der Waals surface area contributed by atoms with Crippen molar-refractivity contribution in [1.82, 2.24) is 20.7 Å². The van der Waals surface area contributed by atoms with Crippen LogP contribution in [0.4, 0.5) is 0 Å². The number of fused-ring (bicyclic) bond motifs is 1. The fraction of sp³-hybridized carbons (Fsp3) is 0.250. The van der Waals surface area contributed by atoms with Crippen LogP contribution in [0.2, 0.25) is 0 Å². The van der Waals surface area contributed by atoms with Gasteiger partial charge in [-0.25, -0.2) is 4.99 Å². The van der Waals surface area contributed by atoms with Crippen LogP contribution in [-0.4, -0.2) is 22.1 Å². The smallest absolute Gasteiger partial charge is 0.200 e. The predicted octanol–water partition coefficient (Wildman–Crippen LogP) is -2.28. The van der Waals surface area contributed by atoms with Crippen molar-refractivity contribution in [3.63, 3.8) is 0 Å². The zero-order chi connectivity index (χ0) is 6.10. The van der Waals surface area contributed by atoms with Gasteiger partial charge in [-0.2, -0.15) is 0 Å². The van der Waals surface area contributed by atoms with Crippen LogP contribution >= 0.6 is 0 Å². The lowest BCUT2D eigenvalue weighted by Crippen LogP contribution is -2.33. The molecule has 0 radical (unpaired) electrons. The van der Waals surface area contributed by atoms with Gasteiger partial charge in [-0.15, -0.1) is 5.10 Å². The Morgan fingerprint density at radius 2 is 2.56 bits per heavy atom. The SMILES string of the molecule is C1=c2[nH]nnc2=NCN1. The van der Waals surface area contributed by atoms with Gasteiger partial charge in [0, 0.05) is 6.20 Å². The topological polar surface area (TPSA) is 66.0 Å². The van der Waals surface area contributed by atoms with E-state index in [4.69, 9.17) is 0 Å². The molecule has 1 aliphatic heterocycles. The van der Waals surface area contributed by atoms with E-state index in [-0.39, 0.29) is 0 Å². The van der Waals surface area contributed by atoms with E-state index < -0.39 is 0 Å². The molecule has 1 aromatic rings. The molecule has 0 aliphatic carbocycles. The zero-order valence-corrected chi connectivity index (χ0v) is 4.63. The third-order valence-electron chi connectivity index (χ3n) is 1.12. The molecule has 2 N–H and O–H groups in total. The summed E-state index contributed by atoms with van der Waals surface area (Å²) in [5.41, 5.74) is 0.689. The standard InChI is InChI=1S/C4H5N5/c1-3-4(6-2-5-1)8-9-7-3/h1,5H,2H2,(H,6,7,8). The number of nitrogens with zero attached hydrogens (tertiary/aromatic N) is 3. The van der Waals surface area contributed by atoms with Crippen LogP contribution in [0.25, 0.3) is 6.20 Å². The van der Waals surface area contributed by atoms with Gasteiger partial charge in [0.1, 0.15) is 12.0 Å². The van der Waals surface area contributed by atoms with Gasteiger partial charge in [0.25, 0.3) is 0 Å². The van der Waals surface area contributed by atoms with E-state index in [1.165, 1.54) is 0 Å². The molecule has 0 bridgehead atoms. The number of rotatable bonds is 0. The van der Waals surface area contributed by atoms with Crippen LogP contribution in [-0.2, 0) is 0 Å². The summed E-state index contributed by atoms with van der Waals surface area (Å²) in [6, 6.07) is 0. The molecule has 0 spiro atoms. The largest absolute Gasteiger partial charge is 0.370 e. The maximum atomic E-state index is 4.01. The fourth-order valence-electron chi connectivity index (χ4n) is 0.712. The molecule has 5 heteroatoms. The normalized spacial score (nSPS) is 14.7. The first-order valence-electron chi connectivity index (χ1n) is 2.62. The fourth-order valence-corrected chi connectivity index (χ4v) is 0.712. The van der Waals surface area contributed by atoms with E-state index >= 15 is 0 Å². The lowest BCUT2D eigenvalue weighted by molar-refractivity contribution is 0.843. The first-order chi connectivity index (χ1) is 4.47. The molecule has 2 heterocycles. The molecule has 0 saturated carbocycles. The summed E-state index contributed by atoms with van der Waals surface area (Å²) in [5, 5.41) is 13.7. The van der Waals surface area contributed by atoms with E-state index in [2.05, 4.69) is 25.7 Å². The van der Waals surface area contributed by atoms with Crippen LogP contribution in [0.5, 0.6) is 0 Å². The molecular weight excluding hydrogens is 118 g/mol. The second kappa shape index (κ2) is 1.54. The van der Waals surface area contributed by atoms with Gasteiger partial charge in [-0.05, 0) is 0 Å². The number of aromatic amines is 1. The molecule has 46 valence electrons. The Kier molecular flexibility index (Phi) is 0.769. The maximum Gasteiger partial charge on any atom is 0.200 e. The lowest BCUT2D eigenvalue weighted by Gasteiger charge is -1.94. The van der Waals surface area contributed by atoms with Crippen molar-refractivity contribution in [3.8, 4) is 0 Å². The molecule has 0 unspecified atom stereocenters. The molecular formula is C4H5N5. The van der Waals surface area contributed by atoms with E-state index in [0.29, 0.717) is 12.2 Å². The van der Waals surface area contributed by atoms with Gasteiger partial charge in [0.2, 0.25) is 0 Å². The van der Waals surface area contributed by atoms with Crippen LogP contribution in [0, 0.1) is 0 Å². The van der Waals surface area contributed by atoms with Crippen molar-refractivity contribution >= 4 is 6.20 Å². The van der Waals surface area contributed by atoms with Gasteiger partial charge in [0.15, 0.2) is 5.49 Å². The minimum atomic E-state index is 0.597. The number of hydrogen-bond donors (Lipinski definition) is 2. The molecule has 0 amide bonds. The highest BCUT2D eigenvalue weighted by atomic mass is 15.3. The van der Waals surface area contributed by atoms with Crippen LogP contribution in [0.15, 0.2) is 4.99 Å². The Morgan fingerprint density at radius 1 is 1.56 bits per heavy atom. The summed E-state index contributed by atoms with van der Waals surface area (Å²) < 4.78 is 0. The quantitative estimate of drug-likeness (QED) is 0.408. The predicted molar refractivity (Wildman–Crippen MR) is 29.6 cm³/mol. The Morgan fingerprint density at radius 3 is 3.44 bits per heavy atom. The Hall–Kier alpha value is -1.39. The van der Waals surface area contributed by atoms with Crippen LogP contribution in [0.3, 0.4) is 0 Å². The number of nitrogens with one attached hydrogen (secondary N) is 2. The summed E-state index contributed by atoms with van der Waals surface area (Å²) in [7, 11) is 0. The highest BCUT2D eigenvalue weighted by Gasteiger charge is 1.92. The highest BCUT2D eigenvalue weighted by molar-refractivity contribution is 5.14. The molecule has 0 fully saturated rings. The molecule has 1 aromatic heterocycles. The van der Waals surface area contributed by atoms with Gasteiger partial charge < -0.3 is 5.32 Å². The number of H-pyrrole nitrogens is 1. The van der Waals surface area contributed by atoms with Crippen molar-refractivity contribution in [2.24, 2.45) is 4.99 Å². The van der Waals surface area contributed by atoms with E-state index in [1.54, 1.807) is 0 Å². The van der Waals surface area contributed by atoms with Gasteiger partial charge in [0.05, 0.1) is 0 Å². The summed E-state index contributed by atoms with van der Waals surface area (Å²) in [6.45, 7) is 0.597. The van der Waals surface area contributed by atoms with E-state index in [9.17, 15) is 0 Å². The van der Waals surface area contributed by atoms with Gasteiger partial charge >= 0.3 is 0 Å². The summed E-state index contributed by atoms with van der Waals surface area (Å²) in [5.74, 6) is 0. The van der Waals surface area contributed by atoms with Crippen LogP contribution < -0.4 is 16.2 Å². The van der Waals surface area contributed by atoms with Crippen molar-refractivity contribution in [2.75, 3.05) is 6.67 Å². The number of aromatic nitrogens is 3. The summed E-state index contributed by atoms with van der Waals surface area (Å²) in [4.78, 5) is 4.01. The van der Waals surface area contributed by atoms with Crippen LogP contribution in [0.1, 0.15) is 0 Å². The molecule has 9 heavy (non-hydrogen) atoms. The Bertz CT molecular complexity index is 279. The molecule has 0 saturated heterocycles. The van der Waals surface area contributed by atoms with Crippen molar-refractivity contribution in [3.05, 3.63) is 10.8 Å². The monoisotopic (exact) mass is 123 g/mol. The first kappa shape index (κ1) is 4.49. The zero-order valence-electron chi connectivity index (χ0n) is 4.63. The number of hydrogen-bond acceptors (Lipinski definition) is 4. The van der Waals surface area contributed by atoms with E-state index in [0.717, 1.165) is 5.35 Å². The summed E-state index contributed by atoms with van der Waals surface area (Å²) >= 11 is 0. The van der Waals surface area contributed by atoms with E-state index in [1.807, 2.05) is 6.20 Å². The van der Waals surface area contributed by atoms with Gasteiger partial charge in [-0.1, -0.05) is 5.21 Å². The maximum absolute atomic E-state index is 4.01. The molecule has 1 aliphatic rings. The first-order valence-corrected chi connectivity index (χ1v) is 2.62. The minimum Gasteiger partial charge on any atom is -0.370 e. The van der Waals surface area contributed by atoms with Crippen molar-refractivity contribution in [2.45, 2.75) is 0 Å².